The summed E-state index contributed by atoms with van der Waals surface area (Å²) in [7, 11) is 0. The Morgan fingerprint density at radius 1 is 1.48 bits per heavy atom. The molecule has 7 heteroatoms. The molecule has 0 aliphatic heterocycles. The van der Waals surface area contributed by atoms with Crippen molar-refractivity contribution in [2.75, 3.05) is 6.54 Å². The summed E-state index contributed by atoms with van der Waals surface area (Å²) in [6, 6.07) is 1.88. The van der Waals surface area contributed by atoms with E-state index in [1.165, 1.54) is 11.3 Å². The van der Waals surface area contributed by atoms with Gasteiger partial charge in [-0.1, -0.05) is 12.8 Å². The van der Waals surface area contributed by atoms with Gasteiger partial charge < -0.3 is 10.4 Å². The summed E-state index contributed by atoms with van der Waals surface area (Å²) in [6.45, 7) is 0.336. The zero-order valence-electron chi connectivity index (χ0n) is 11.3. The van der Waals surface area contributed by atoms with Gasteiger partial charge in [0.25, 0.3) is 5.91 Å². The van der Waals surface area contributed by atoms with Crippen molar-refractivity contribution >= 4 is 43.9 Å². The smallest absolute Gasteiger partial charge is 0.261 e. The molecule has 4 rings (SSSR count). The predicted molar refractivity (Wildman–Crippen MR) is 84.2 cm³/mol. The van der Waals surface area contributed by atoms with Gasteiger partial charge in [-0.05, 0) is 18.9 Å². The van der Waals surface area contributed by atoms with Gasteiger partial charge in [0.05, 0.1) is 16.0 Å². The summed E-state index contributed by atoms with van der Waals surface area (Å²) in [4.78, 5) is 19.2. The molecule has 0 saturated heterocycles. The summed E-state index contributed by atoms with van der Waals surface area (Å²) < 4.78 is 2.00. The van der Waals surface area contributed by atoms with Crippen molar-refractivity contribution in [3.05, 3.63) is 22.5 Å². The Morgan fingerprint density at radius 3 is 3.10 bits per heavy atom. The van der Waals surface area contributed by atoms with Crippen molar-refractivity contribution in [1.29, 1.82) is 0 Å². The van der Waals surface area contributed by atoms with Gasteiger partial charge in [0.1, 0.15) is 4.83 Å². The average molecular weight is 321 g/mol. The summed E-state index contributed by atoms with van der Waals surface area (Å²) in [6.07, 6.45) is 5.59. The highest BCUT2D eigenvalue weighted by Crippen LogP contribution is 2.30. The Morgan fingerprint density at radius 2 is 2.29 bits per heavy atom. The first-order valence-electron chi connectivity index (χ1n) is 7.00. The van der Waals surface area contributed by atoms with Gasteiger partial charge in [-0.15, -0.1) is 22.7 Å². The second-order valence-corrected chi connectivity index (χ2v) is 7.49. The third kappa shape index (κ3) is 2.25. The molecule has 0 bridgehead atoms. The van der Waals surface area contributed by atoms with Crippen LogP contribution in [0.4, 0.5) is 0 Å². The molecular weight excluding hydrogens is 306 g/mol. The first-order chi connectivity index (χ1) is 10.1. The molecule has 0 unspecified atom stereocenters. The lowest BCUT2D eigenvalue weighted by Crippen LogP contribution is -2.40. The number of nitrogens with zero attached hydrogens (tertiary/aromatic N) is 2. The quantitative estimate of drug-likeness (QED) is 0.779. The van der Waals surface area contributed by atoms with E-state index in [0.29, 0.717) is 11.4 Å². The van der Waals surface area contributed by atoms with Crippen LogP contribution in [0.2, 0.25) is 0 Å². The zero-order chi connectivity index (χ0) is 14.4. The fraction of sp³-hybridized carbons (Fsp3) is 0.429. The second-order valence-electron chi connectivity index (χ2n) is 5.58. The first kappa shape index (κ1) is 13.2. The molecule has 1 aliphatic carbocycles. The monoisotopic (exact) mass is 321 g/mol. The van der Waals surface area contributed by atoms with Crippen LogP contribution in [-0.4, -0.2) is 32.5 Å². The van der Waals surface area contributed by atoms with Crippen molar-refractivity contribution in [3.63, 3.8) is 0 Å². The largest absolute Gasteiger partial charge is 0.388 e. The highest BCUT2D eigenvalue weighted by molar-refractivity contribution is 7.21. The summed E-state index contributed by atoms with van der Waals surface area (Å²) in [5.74, 6) is -0.123. The Labute approximate surface area is 129 Å². The van der Waals surface area contributed by atoms with E-state index in [9.17, 15) is 9.90 Å². The van der Waals surface area contributed by atoms with E-state index in [1.54, 1.807) is 11.3 Å². The van der Waals surface area contributed by atoms with Crippen LogP contribution in [-0.2, 0) is 0 Å². The fourth-order valence-electron chi connectivity index (χ4n) is 2.90. The highest BCUT2D eigenvalue weighted by atomic mass is 32.1. The Balaban J connectivity index is 1.54. The zero-order valence-corrected chi connectivity index (χ0v) is 13.0. The number of aliphatic hydroxyl groups is 1. The SMILES string of the molecule is O=C(NCC1(O)CCCC1)c1cc2c(nc3sccn32)s1. The number of hydrogen-bond acceptors (Lipinski definition) is 5. The van der Waals surface area contributed by atoms with Crippen LogP contribution in [0.15, 0.2) is 17.6 Å². The molecule has 5 nitrogen and oxygen atoms in total. The van der Waals surface area contributed by atoms with Crippen molar-refractivity contribution in [2.24, 2.45) is 0 Å². The minimum atomic E-state index is -0.713. The van der Waals surface area contributed by atoms with Gasteiger partial charge in [-0.3, -0.25) is 9.20 Å². The third-order valence-electron chi connectivity index (χ3n) is 4.08. The van der Waals surface area contributed by atoms with Gasteiger partial charge >= 0.3 is 0 Å². The Hall–Kier alpha value is -1.44. The maximum atomic E-state index is 12.2. The molecule has 1 aliphatic rings. The van der Waals surface area contributed by atoms with Crippen molar-refractivity contribution in [2.45, 2.75) is 31.3 Å². The van der Waals surface area contributed by atoms with Crippen LogP contribution in [0.1, 0.15) is 35.4 Å². The van der Waals surface area contributed by atoms with Crippen LogP contribution in [0.25, 0.3) is 15.3 Å². The van der Waals surface area contributed by atoms with Crippen LogP contribution in [0.3, 0.4) is 0 Å². The molecule has 1 fully saturated rings. The van der Waals surface area contributed by atoms with E-state index >= 15 is 0 Å². The lowest BCUT2D eigenvalue weighted by molar-refractivity contribution is 0.0450. The van der Waals surface area contributed by atoms with Crippen molar-refractivity contribution in [1.82, 2.24) is 14.7 Å². The number of fused-ring (bicyclic) bond motifs is 3. The van der Waals surface area contributed by atoms with Gasteiger partial charge in [0.15, 0.2) is 4.96 Å². The number of thiazole rings is 1. The number of thiophene rings is 1. The highest BCUT2D eigenvalue weighted by Gasteiger charge is 2.31. The number of carbonyl (C=O) groups excluding carboxylic acids is 1. The summed E-state index contributed by atoms with van der Waals surface area (Å²) in [5.41, 5.74) is 0.260. The van der Waals surface area contributed by atoms with Gasteiger partial charge in [-0.25, -0.2) is 4.98 Å². The van der Waals surface area contributed by atoms with Crippen LogP contribution < -0.4 is 5.32 Å². The molecule has 3 aromatic rings. The van der Waals surface area contributed by atoms with Crippen molar-refractivity contribution < 1.29 is 9.90 Å². The lowest BCUT2D eigenvalue weighted by atomic mass is 10.0. The number of nitrogens with one attached hydrogen (secondary N) is 1. The van der Waals surface area contributed by atoms with Gasteiger partial charge in [0.2, 0.25) is 0 Å². The minimum absolute atomic E-state index is 0.123. The standard InChI is InChI=1S/C14H15N3O2S2/c18-11(15-8-14(19)3-1-2-4-14)10-7-9-12(21-10)16-13-17(9)5-6-20-13/h5-7,19H,1-4,8H2,(H,15,18). The molecule has 0 spiro atoms. The molecule has 0 atom stereocenters. The fourth-order valence-corrected chi connectivity index (χ4v) is 4.62. The first-order valence-corrected chi connectivity index (χ1v) is 8.70. The Kier molecular flexibility index (Phi) is 3.02. The number of aromatic nitrogens is 2. The summed E-state index contributed by atoms with van der Waals surface area (Å²) >= 11 is 2.98. The number of rotatable bonds is 3. The molecule has 0 aromatic carbocycles. The molecule has 21 heavy (non-hydrogen) atoms. The molecule has 110 valence electrons. The van der Waals surface area contributed by atoms with E-state index < -0.39 is 5.60 Å². The van der Waals surface area contributed by atoms with Crippen LogP contribution in [0.5, 0.6) is 0 Å². The molecule has 0 radical (unpaired) electrons. The van der Waals surface area contributed by atoms with Gasteiger partial charge in [0, 0.05) is 18.1 Å². The minimum Gasteiger partial charge on any atom is -0.388 e. The Bertz CT molecular complexity index is 811. The number of amides is 1. The molecule has 1 saturated carbocycles. The molecule has 3 aromatic heterocycles. The third-order valence-corrected chi connectivity index (χ3v) is 5.85. The van der Waals surface area contributed by atoms with E-state index in [4.69, 9.17) is 0 Å². The topological polar surface area (TPSA) is 66.6 Å². The van der Waals surface area contributed by atoms with Crippen LogP contribution >= 0.6 is 22.7 Å². The lowest BCUT2D eigenvalue weighted by Gasteiger charge is -2.21. The van der Waals surface area contributed by atoms with Gasteiger partial charge in [-0.2, -0.15) is 0 Å². The van der Waals surface area contributed by atoms with E-state index in [0.717, 1.165) is 41.0 Å². The van der Waals surface area contributed by atoms with Crippen molar-refractivity contribution in [3.8, 4) is 0 Å². The normalized spacial score (nSPS) is 17.8. The number of imidazole rings is 1. The number of carbonyl (C=O) groups is 1. The maximum Gasteiger partial charge on any atom is 0.261 e. The number of hydrogen-bond donors (Lipinski definition) is 2. The van der Waals surface area contributed by atoms with E-state index in [-0.39, 0.29) is 5.91 Å². The predicted octanol–water partition coefficient (Wildman–Crippen LogP) is 2.65. The van der Waals surface area contributed by atoms with E-state index in [2.05, 4.69) is 10.3 Å². The summed E-state index contributed by atoms with van der Waals surface area (Å²) in [5, 5.41) is 15.1. The van der Waals surface area contributed by atoms with E-state index in [1.807, 2.05) is 22.0 Å². The molecule has 1 amide bonds. The maximum absolute atomic E-state index is 12.2. The molecule has 3 heterocycles. The second kappa shape index (κ2) is 4.79. The average Bonchev–Trinajstić information content (AvgIpc) is 3.17. The molecule has 2 N–H and O–H groups in total. The molecular formula is C14H15N3O2S2. The van der Waals surface area contributed by atoms with Crippen LogP contribution in [0, 0.1) is 0 Å².